The Morgan fingerprint density at radius 2 is 1.93 bits per heavy atom. The molecule has 5 heteroatoms. The first-order chi connectivity index (χ1) is 6.59. The number of hydrogen-bond acceptors (Lipinski definition) is 3. The summed E-state index contributed by atoms with van der Waals surface area (Å²) < 4.78 is 27.7. The van der Waals surface area contributed by atoms with E-state index in [1.807, 2.05) is 0 Å². The molecular weight excluding hydrogens is 268 g/mol. The topological polar surface area (TPSA) is 43.4 Å². The highest BCUT2D eigenvalue weighted by Gasteiger charge is 2.24. The predicted octanol–water partition coefficient (Wildman–Crippen LogP) is 1.83. The third kappa shape index (κ3) is 2.56. The summed E-state index contributed by atoms with van der Waals surface area (Å²) in [6, 6.07) is 8.30. The largest absolute Gasteiger partial charge is 0.382 e. The van der Waals surface area contributed by atoms with Crippen LogP contribution in [-0.2, 0) is 14.6 Å². The van der Waals surface area contributed by atoms with E-state index >= 15 is 0 Å². The van der Waals surface area contributed by atoms with Crippen LogP contribution < -0.4 is 0 Å². The minimum Gasteiger partial charge on any atom is -0.382 e. The second-order valence-electron chi connectivity index (χ2n) is 2.72. The smallest absolute Gasteiger partial charge is 0.193 e. The molecular formula is C9H11BrO3S. The van der Waals surface area contributed by atoms with Gasteiger partial charge in [-0.15, -0.1) is 0 Å². The summed E-state index contributed by atoms with van der Waals surface area (Å²) in [7, 11) is -1.84. The molecule has 0 saturated carbocycles. The van der Waals surface area contributed by atoms with E-state index in [2.05, 4.69) is 15.9 Å². The third-order valence-electron chi connectivity index (χ3n) is 1.71. The molecule has 3 nitrogen and oxygen atoms in total. The van der Waals surface area contributed by atoms with Gasteiger partial charge in [0, 0.05) is 7.11 Å². The van der Waals surface area contributed by atoms with Crippen LogP contribution in [0.25, 0.3) is 0 Å². The molecule has 1 aromatic rings. The van der Waals surface area contributed by atoms with Crippen molar-refractivity contribution in [2.45, 2.75) is 9.05 Å². The van der Waals surface area contributed by atoms with E-state index in [9.17, 15) is 8.42 Å². The van der Waals surface area contributed by atoms with Gasteiger partial charge in [-0.25, -0.2) is 8.42 Å². The van der Waals surface area contributed by atoms with Gasteiger partial charge < -0.3 is 4.74 Å². The Labute approximate surface area is 92.1 Å². The van der Waals surface area contributed by atoms with Crippen LogP contribution in [0.2, 0.25) is 0 Å². The van der Waals surface area contributed by atoms with Crippen LogP contribution in [0.3, 0.4) is 0 Å². The summed E-state index contributed by atoms with van der Waals surface area (Å²) in [5.74, 6) is 0. The van der Waals surface area contributed by atoms with Crippen molar-refractivity contribution in [1.29, 1.82) is 0 Å². The molecule has 0 N–H and O–H groups in total. The Bertz CT molecular complexity index is 374. The molecule has 78 valence electrons. The maximum absolute atomic E-state index is 11.8. The fraction of sp³-hybridized carbons (Fsp3) is 0.333. The summed E-state index contributed by atoms with van der Waals surface area (Å²) in [5.41, 5.74) is 0. The van der Waals surface area contributed by atoms with Crippen molar-refractivity contribution in [1.82, 2.24) is 0 Å². The average molecular weight is 279 g/mol. The zero-order chi connectivity index (χ0) is 10.6. The normalized spacial score (nSPS) is 13.9. The molecule has 1 rings (SSSR count). The SMILES string of the molecule is COCC(Br)S(=O)(=O)c1ccccc1. The molecule has 1 unspecified atom stereocenters. The summed E-state index contributed by atoms with van der Waals surface area (Å²) >= 11 is 3.08. The highest BCUT2D eigenvalue weighted by molar-refractivity contribution is 9.11. The second-order valence-corrected chi connectivity index (χ2v) is 6.57. The maximum atomic E-state index is 11.8. The van der Waals surface area contributed by atoms with Gasteiger partial charge in [-0.1, -0.05) is 34.1 Å². The van der Waals surface area contributed by atoms with Gasteiger partial charge in [0.15, 0.2) is 9.84 Å². The molecule has 0 bridgehead atoms. The lowest BCUT2D eigenvalue weighted by molar-refractivity contribution is 0.213. The summed E-state index contributed by atoms with van der Waals surface area (Å²) in [4.78, 5) is 0.305. The molecule has 0 fully saturated rings. The van der Waals surface area contributed by atoms with Crippen molar-refractivity contribution in [2.24, 2.45) is 0 Å². The van der Waals surface area contributed by atoms with Crippen molar-refractivity contribution in [3.05, 3.63) is 30.3 Å². The van der Waals surface area contributed by atoms with E-state index in [0.29, 0.717) is 4.90 Å². The molecule has 1 aromatic carbocycles. The summed E-state index contributed by atoms with van der Waals surface area (Å²) in [6.07, 6.45) is 0. The first-order valence-electron chi connectivity index (χ1n) is 4.01. The van der Waals surface area contributed by atoms with Gasteiger partial charge in [0.05, 0.1) is 11.5 Å². The van der Waals surface area contributed by atoms with Gasteiger partial charge >= 0.3 is 0 Å². The van der Waals surface area contributed by atoms with Gasteiger partial charge in [-0.2, -0.15) is 0 Å². The van der Waals surface area contributed by atoms with Crippen LogP contribution in [0.1, 0.15) is 0 Å². The monoisotopic (exact) mass is 278 g/mol. The van der Waals surface area contributed by atoms with Crippen molar-refractivity contribution in [3.8, 4) is 0 Å². The van der Waals surface area contributed by atoms with E-state index in [1.54, 1.807) is 30.3 Å². The van der Waals surface area contributed by atoms with E-state index in [4.69, 9.17) is 4.74 Å². The average Bonchev–Trinajstić information content (AvgIpc) is 2.19. The molecule has 0 saturated heterocycles. The molecule has 0 amide bonds. The van der Waals surface area contributed by atoms with Crippen LogP contribution in [0, 0.1) is 0 Å². The fourth-order valence-electron chi connectivity index (χ4n) is 0.978. The van der Waals surface area contributed by atoms with Crippen LogP contribution in [0.5, 0.6) is 0 Å². The molecule has 14 heavy (non-hydrogen) atoms. The lowest BCUT2D eigenvalue weighted by Crippen LogP contribution is -2.19. The van der Waals surface area contributed by atoms with E-state index in [1.165, 1.54) is 7.11 Å². The van der Waals surface area contributed by atoms with Crippen molar-refractivity contribution in [2.75, 3.05) is 13.7 Å². The number of methoxy groups -OCH3 is 1. The molecule has 1 atom stereocenters. The molecule has 0 heterocycles. The fourth-order valence-corrected chi connectivity index (χ4v) is 3.04. The Morgan fingerprint density at radius 1 is 1.36 bits per heavy atom. The van der Waals surface area contributed by atoms with Crippen molar-refractivity contribution in [3.63, 3.8) is 0 Å². The molecule has 0 radical (unpaired) electrons. The minimum absolute atomic E-state index is 0.136. The number of benzene rings is 1. The van der Waals surface area contributed by atoms with E-state index < -0.39 is 14.0 Å². The predicted molar refractivity (Wildman–Crippen MR) is 58.2 cm³/mol. The number of sulfone groups is 1. The Hall–Kier alpha value is -0.390. The minimum atomic E-state index is -3.31. The number of hydrogen-bond donors (Lipinski definition) is 0. The number of alkyl halides is 1. The molecule has 0 aliphatic carbocycles. The van der Waals surface area contributed by atoms with Crippen LogP contribution in [-0.4, -0.2) is 26.3 Å². The summed E-state index contributed by atoms with van der Waals surface area (Å²) in [6.45, 7) is 0.136. The Morgan fingerprint density at radius 3 is 2.43 bits per heavy atom. The van der Waals surface area contributed by atoms with Gasteiger partial charge in [0.25, 0.3) is 0 Å². The molecule has 0 aliphatic rings. The van der Waals surface area contributed by atoms with Crippen molar-refractivity contribution < 1.29 is 13.2 Å². The Kier molecular flexibility index (Phi) is 4.10. The van der Waals surface area contributed by atoms with E-state index in [0.717, 1.165) is 0 Å². The number of halogens is 1. The number of rotatable bonds is 4. The Balaban J connectivity index is 2.97. The zero-order valence-corrected chi connectivity index (χ0v) is 10.1. The first kappa shape index (κ1) is 11.7. The highest BCUT2D eigenvalue weighted by atomic mass is 79.9. The van der Waals surface area contributed by atoms with Gasteiger partial charge in [0.2, 0.25) is 0 Å². The molecule has 0 aromatic heterocycles. The quantitative estimate of drug-likeness (QED) is 0.790. The number of ether oxygens (including phenoxy) is 1. The van der Waals surface area contributed by atoms with Crippen LogP contribution in [0.15, 0.2) is 35.2 Å². The zero-order valence-electron chi connectivity index (χ0n) is 7.68. The third-order valence-corrected chi connectivity index (χ3v) is 5.19. The van der Waals surface area contributed by atoms with Gasteiger partial charge in [0.1, 0.15) is 4.16 Å². The van der Waals surface area contributed by atoms with Gasteiger partial charge in [-0.05, 0) is 12.1 Å². The van der Waals surface area contributed by atoms with Crippen LogP contribution >= 0.6 is 15.9 Å². The standard InChI is InChI=1S/C9H11BrO3S/c1-13-7-9(10)14(11,12)8-5-3-2-4-6-8/h2-6,9H,7H2,1H3. The summed E-state index contributed by atoms with van der Waals surface area (Å²) in [5, 5.41) is 0. The molecule has 0 spiro atoms. The van der Waals surface area contributed by atoms with Crippen molar-refractivity contribution >= 4 is 25.8 Å². The van der Waals surface area contributed by atoms with Gasteiger partial charge in [-0.3, -0.25) is 0 Å². The second kappa shape index (κ2) is 4.91. The lowest BCUT2D eigenvalue weighted by atomic mass is 10.4. The lowest BCUT2D eigenvalue weighted by Gasteiger charge is -2.09. The highest BCUT2D eigenvalue weighted by Crippen LogP contribution is 2.19. The molecule has 0 aliphatic heterocycles. The van der Waals surface area contributed by atoms with E-state index in [-0.39, 0.29) is 6.61 Å². The maximum Gasteiger partial charge on any atom is 0.193 e. The van der Waals surface area contributed by atoms with Crippen LogP contribution in [0.4, 0.5) is 0 Å². The first-order valence-corrected chi connectivity index (χ1v) is 6.47.